The van der Waals surface area contributed by atoms with Crippen molar-refractivity contribution >= 4 is 17.3 Å². The van der Waals surface area contributed by atoms with Gasteiger partial charge in [-0.25, -0.2) is 0 Å². The van der Waals surface area contributed by atoms with Crippen molar-refractivity contribution in [3.8, 4) is 0 Å². The number of halogens is 1. The first-order valence-electron chi connectivity index (χ1n) is 6.19. The average molecular weight is 255 g/mol. The summed E-state index contributed by atoms with van der Waals surface area (Å²) in [6.45, 7) is 5.75. The van der Waals surface area contributed by atoms with E-state index in [2.05, 4.69) is 22.0 Å². The van der Waals surface area contributed by atoms with Crippen molar-refractivity contribution in [1.29, 1.82) is 0 Å². The van der Waals surface area contributed by atoms with Crippen LogP contribution in [0.1, 0.15) is 25.5 Å². The lowest BCUT2D eigenvalue weighted by atomic mass is 9.92. The molecule has 1 fully saturated rings. The van der Waals surface area contributed by atoms with Crippen LogP contribution in [0.25, 0.3) is 0 Å². The Hall–Kier alpha value is -0.870. The summed E-state index contributed by atoms with van der Waals surface area (Å²) in [5.41, 5.74) is 7.22. The van der Waals surface area contributed by atoms with Crippen molar-refractivity contribution in [1.82, 2.24) is 15.1 Å². The number of nitrogens with zero attached hydrogens (tertiary/aromatic N) is 3. The van der Waals surface area contributed by atoms with Crippen LogP contribution in [0.3, 0.4) is 0 Å². The van der Waals surface area contributed by atoms with Gasteiger partial charge in [0.25, 0.3) is 0 Å². The molecule has 0 saturated carbocycles. The third-order valence-electron chi connectivity index (χ3n) is 3.48. The number of aromatic nitrogens is 2. The minimum Gasteiger partial charge on any atom is -0.396 e. The number of piperidine rings is 1. The van der Waals surface area contributed by atoms with E-state index in [0.29, 0.717) is 16.8 Å². The Morgan fingerprint density at radius 3 is 2.71 bits per heavy atom. The molecule has 0 aromatic carbocycles. The van der Waals surface area contributed by atoms with Gasteiger partial charge < -0.3 is 10.6 Å². The van der Waals surface area contributed by atoms with E-state index in [-0.39, 0.29) is 0 Å². The second kappa shape index (κ2) is 5.65. The maximum Gasteiger partial charge on any atom is 0.174 e. The summed E-state index contributed by atoms with van der Waals surface area (Å²) in [6, 6.07) is 1.85. The number of nitrogen functional groups attached to an aromatic ring is 1. The molecule has 1 aromatic rings. The molecule has 0 amide bonds. The first-order valence-corrected chi connectivity index (χ1v) is 6.56. The van der Waals surface area contributed by atoms with E-state index < -0.39 is 0 Å². The summed E-state index contributed by atoms with van der Waals surface area (Å²) in [4.78, 5) is 2.48. The van der Waals surface area contributed by atoms with Crippen LogP contribution < -0.4 is 5.73 Å². The zero-order chi connectivity index (χ0) is 12.3. The van der Waals surface area contributed by atoms with E-state index in [1.165, 1.54) is 25.9 Å². The molecular weight excluding hydrogens is 236 g/mol. The number of hydrogen-bond acceptors (Lipinski definition) is 4. The second-order valence-electron chi connectivity index (χ2n) is 4.66. The van der Waals surface area contributed by atoms with E-state index in [1.807, 2.05) is 6.07 Å². The highest BCUT2D eigenvalue weighted by Gasteiger charge is 2.19. The molecule has 0 atom stereocenters. The Kier molecular flexibility index (Phi) is 4.18. The van der Waals surface area contributed by atoms with Gasteiger partial charge in [0.15, 0.2) is 5.15 Å². The molecule has 0 bridgehead atoms. The highest BCUT2D eigenvalue weighted by molar-refractivity contribution is 6.31. The standard InChI is InChI=1S/C12H19ClN4/c1-2-17-5-3-9(4-6-17)7-10-8-11(14)12(13)16-15-10/h8-9H,2-7H2,1H3,(H2,14,15). The van der Waals surface area contributed by atoms with E-state index >= 15 is 0 Å². The molecule has 2 heterocycles. The molecule has 17 heavy (non-hydrogen) atoms. The zero-order valence-electron chi connectivity index (χ0n) is 10.2. The first-order chi connectivity index (χ1) is 8.19. The number of rotatable bonds is 3. The van der Waals surface area contributed by atoms with Gasteiger partial charge in [-0.1, -0.05) is 18.5 Å². The van der Waals surface area contributed by atoms with Gasteiger partial charge >= 0.3 is 0 Å². The molecular formula is C12H19ClN4. The summed E-state index contributed by atoms with van der Waals surface area (Å²) in [7, 11) is 0. The lowest BCUT2D eigenvalue weighted by Gasteiger charge is -2.30. The van der Waals surface area contributed by atoms with E-state index in [9.17, 15) is 0 Å². The van der Waals surface area contributed by atoms with Gasteiger partial charge in [-0.05, 0) is 50.9 Å². The molecule has 0 radical (unpaired) electrons. The lowest BCUT2D eigenvalue weighted by Crippen LogP contribution is -2.34. The summed E-state index contributed by atoms with van der Waals surface area (Å²) in [5.74, 6) is 0.702. The molecule has 94 valence electrons. The number of anilines is 1. The monoisotopic (exact) mass is 254 g/mol. The molecule has 1 aliphatic rings. The van der Waals surface area contributed by atoms with E-state index in [0.717, 1.165) is 18.7 Å². The topological polar surface area (TPSA) is 55.0 Å². The maximum atomic E-state index is 5.76. The second-order valence-corrected chi connectivity index (χ2v) is 5.02. The number of likely N-dealkylation sites (tertiary alicyclic amines) is 1. The van der Waals surface area contributed by atoms with Gasteiger partial charge in [0, 0.05) is 0 Å². The summed E-state index contributed by atoms with van der Waals surface area (Å²) in [5, 5.41) is 8.25. The quantitative estimate of drug-likeness (QED) is 0.896. The Morgan fingerprint density at radius 1 is 1.41 bits per heavy atom. The predicted octanol–water partition coefficient (Wildman–Crippen LogP) is 1.99. The zero-order valence-corrected chi connectivity index (χ0v) is 11.0. The van der Waals surface area contributed by atoms with Crippen LogP contribution in [0.5, 0.6) is 0 Å². The average Bonchev–Trinajstić information content (AvgIpc) is 2.35. The number of hydrogen-bond donors (Lipinski definition) is 1. The van der Waals surface area contributed by atoms with Gasteiger partial charge in [0.2, 0.25) is 0 Å². The van der Waals surface area contributed by atoms with Gasteiger partial charge in [-0.3, -0.25) is 0 Å². The highest BCUT2D eigenvalue weighted by Crippen LogP contribution is 2.22. The normalized spacial score (nSPS) is 18.5. The van der Waals surface area contributed by atoms with Crippen molar-refractivity contribution in [3.63, 3.8) is 0 Å². The third kappa shape index (κ3) is 3.30. The van der Waals surface area contributed by atoms with Gasteiger partial charge in [-0.2, -0.15) is 5.10 Å². The van der Waals surface area contributed by atoms with Gasteiger partial charge in [0.05, 0.1) is 11.4 Å². The van der Waals surface area contributed by atoms with Crippen molar-refractivity contribution in [2.45, 2.75) is 26.2 Å². The Labute approximate surface area is 107 Å². The molecule has 0 unspecified atom stereocenters. The Bertz CT molecular complexity index is 375. The Balaban J connectivity index is 1.91. The maximum absolute atomic E-state index is 5.76. The molecule has 1 saturated heterocycles. The fourth-order valence-corrected chi connectivity index (χ4v) is 2.43. The van der Waals surface area contributed by atoms with Gasteiger partial charge in [-0.15, -0.1) is 5.10 Å². The summed E-state index contributed by atoms with van der Waals surface area (Å²) < 4.78 is 0. The van der Waals surface area contributed by atoms with E-state index in [4.69, 9.17) is 17.3 Å². The van der Waals surface area contributed by atoms with Crippen molar-refractivity contribution < 1.29 is 0 Å². The molecule has 2 N–H and O–H groups in total. The van der Waals surface area contributed by atoms with Crippen LogP contribution in [0.4, 0.5) is 5.69 Å². The lowest BCUT2D eigenvalue weighted by molar-refractivity contribution is 0.191. The van der Waals surface area contributed by atoms with Crippen molar-refractivity contribution in [2.75, 3.05) is 25.4 Å². The SMILES string of the molecule is CCN1CCC(Cc2cc(N)c(Cl)nn2)CC1. The predicted molar refractivity (Wildman–Crippen MR) is 70.0 cm³/mol. The van der Waals surface area contributed by atoms with Gasteiger partial charge in [0.1, 0.15) is 0 Å². The molecule has 5 heteroatoms. The van der Waals surface area contributed by atoms with Crippen LogP contribution in [0, 0.1) is 5.92 Å². The van der Waals surface area contributed by atoms with Crippen LogP contribution in [-0.2, 0) is 6.42 Å². The minimum absolute atomic E-state index is 0.301. The van der Waals surface area contributed by atoms with Crippen molar-refractivity contribution in [3.05, 3.63) is 16.9 Å². The first kappa shape index (κ1) is 12.6. The molecule has 4 nitrogen and oxygen atoms in total. The largest absolute Gasteiger partial charge is 0.396 e. The molecule has 0 spiro atoms. The molecule has 1 aliphatic heterocycles. The van der Waals surface area contributed by atoms with Crippen LogP contribution in [0.15, 0.2) is 6.07 Å². The summed E-state index contributed by atoms with van der Waals surface area (Å²) in [6.07, 6.45) is 3.43. The minimum atomic E-state index is 0.301. The van der Waals surface area contributed by atoms with Crippen molar-refractivity contribution in [2.24, 2.45) is 5.92 Å². The number of nitrogens with two attached hydrogens (primary N) is 1. The highest BCUT2D eigenvalue weighted by atomic mass is 35.5. The summed E-state index contributed by atoms with van der Waals surface area (Å²) >= 11 is 5.76. The smallest absolute Gasteiger partial charge is 0.174 e. The fourth-order valence-electron chi connectivity index (χ4n) is 2.34. The van der Waals surface area contributed by atoms with Crippen LogP contribution in [-0.4, -0.2) is 34.7 Å². The molecule has 0 aliphatic carbocycles. The molecule has 1 aromatic heterocycles. The molecule has 2 rings (SSSR count). The Morgan fingerprint density at radius 2 is 2.12 bits per heavy atom. The van der Waals surface area contributed by atoms with Crippen LogP contribution in [0.2, 0.25) is 5.15 Å². The fraction of sp³-hybridized carbons (Fsp3) is 0.667. The third-order valence-corrected chi connectivity index (χ3v) is 3.77. The van der Waals surface area contributed by atoms with Crippen LogP contribution >= 0.6 is 11.6 Å². The van der Waals surface area contributed by atoms with E-state index in [1.54, 1.807) is 0 Å².